The fraction of sp³-hybridized carbons (Fsp3) is 0.194. The summed E-state index contributed by atoms with van der Waals surface area (Å²) in [6, 6.07) is 25.0. The van der Waals surface area contributed by atoms with Crippen LogP contribution in [0.5, 0.6) is 5.75 Å². The Morgan fingerprint density at radius 3 is 2.24 bits per heavy atom. The van der Waals surface area contributed by atoms with Crippen molar-refractivity contribution >= 4 is 68.5 Å². The minimum absolute atomic E-state index is 0.0158. The number of nitrogens with zero attached hydrogens (tertiary/aromatic N) is 1. The molecule has 3 aromatic carbocycles. The van der Waals surface area contributed by atoms with Crippen LogP contribution in [0.4, 0.5) is 5.69 Å². The molecule has 0 saturated heterocycles. The molecule has 0 atom stereocenters. The standard InChI is InChI=1S/C31H27NO3S3/c1-5-35-22-16-17-24-23(18-22)25(28(36)31(3,4)32(24)29(34)21-14-10-7-11-15-21)30-37-26(19(2)33)27(38-30)20-12-8-6-9-13-20/h6-18H,5H2,1-4H3/b30-25-. The van der Waals surface area contributed by atoms with E-state index in [1.54, 1.807) is 23.6 Å². The van der Waals surface area contributed by atoms with E-state index in [2.05, 4.69) is 0 Å². The zero-order valence-electron chi connectivity index (χ0n) is 21.6. The van der Waals surface area contributed by atoms with E-state index in [1.807, 2.05) is 99.6 Å². The molecule has 2 aliphatic heterocycles. The fourth-order valence-electron chi connectivity index (χ4n) is 4.69. The molecule has 2 heterocycles. The summed E-state index contributed by atoms with van der Waals surface area (Å²) in [5.74, 6) is 0.601. The predicted molar refractivity (Wildman–Crippen MR) is 164 cm³/mol. The molecule has 3 aromatic rings. The van der Waals surface area contributed by atoms with Gasteiger partial charge in [-0.1, -0.05) is 84.3 Å². The van der Waals surface area contributed by atoms with Gasteiger partial charge in [-0.3, -0.25) is 14.5 Å². The number of thioether (sulfide) groups is 2. The summed E-state index contributed by atoms with van der Waals surface area (Å²) in [5.41, 5.74) is 3.27. The molecule has 0 aromatic heterocycles. The summed E-state index contributed by atoms with van der Waals surface area (Å²) in [6.45, 7) is 8.03. The zero-order chi connectivity index (χ0) is 27.0. The lowest BCUT2D eigenvalue weighted by Gasteiger charge is -2.45. The van der Waals surface area contributed by atoms with E-state index < -0.39 is 5.54 Å². The van der Waals surface area contributed by atoms with Crippen molar-refractivity contribution in [1.82, 2.24) is 0 Å². The molecular formula is C31H27NO3S3. The largest absolute Gasteiger partial charge is 0.494 e. The van der Waals surface area contributed by atoms with Gasteiger partial charge in [-0.05, 0) is 63.6 Å². The predicted octanol–water partition coefficient (Wildman–Crippen LogP) is 8.00. The van der Waals surface area contributed by atoms with Gasteiger partial charge in [0.15, 0.2) is 5.78 Å². The first kappa shape index (κ1) is 26.5. The molecule has 192 valence electrons. The Balaban J connectivity index is 1.71. The third-order valence-electron chi connectivity index (χ3n) is 6.51. The van der Waals surface area contributed by atoms with Crippen LogP contribution in [-0.2, 0) is 4.79 Å². The molecule has 2 aliphatic rings. The van der Waals surface area contributed by atoms with Gasteiger partial charge in [0.1, 0.15) is 5.75 Å². The van der Waals surface area contributed by atoms with Crippen molar-refractivity contribution in [3.8, 4) is 5.75 Å². The average Bonchev–Trinajstić information content (AvgIpc) is 3.36. The van der Waals surface area contributed by atoms with Gasteiger partial charge in [-0.2, -0.15) is 0 Å². The fourth-order valence-corrected chi connectivity index (χ4v) is 7.88. The average molecular weight is 558 g/mol. The molecular weight excluding hydrogens is 531 g/mol. The molecule has 0 saturated carbocycles. The van der Waals surface area contributed by atoms with Crippen LogP contribution >= 0.6 is 35.7 Å². The third kappa shape index (κ3) is 4.64. The molecule has 38 heavy (non-hydrogen) atoms. The number of allylic oxidation sites excluding steroid dienone is 1. The first-order valence-corrected chi connectivity index (χ1v) is 14.4. The minimum Gasteiger partial charge on any atom is -0.494 e. The quantitative estimate of drug-likeness (QED) is 0.234. The van der Waals surface area contributed by atoms with E-state index in [4.69, 9.17) is 17.0 Å². The Morgan fingerprint density at radius 1 is 0.947 bits per heavy atom. The highest BCUT2D eigenvalue weighted by Crippen LogP contribution is 2.58. The molecule has 4 nitrogen and oxygen atoms in total. The van der Waals surface area contributed by atoms with Crippen molar-refractivity contribution in [2.45, 2.75) is 33.2 Å². The van der Waals surface area contributed by atoms with Crippen LogP contribution in [0.3, 0.4) is 0 Å². The van der Waals surface area contributed by atoms with Crippen LogP contribution in [0.15, 0.2) is 88.0 Å². The molecule has 7 heteroatoms. The lowest BCUT2D eigenvalue weighted by molar-refractivity contribution is -0.112. The highest BCUT2D eigenvalue weighted by atomic mass is 32.2. The zero-order valence-corrected chi connectivity index (χ0v) is 24.1. The molecule has 0 aliphatic carbocycles. The maximum atomic E-state index is 13.9. The van der Waals surface area contributed by atoms with E-state index in [0.29, 0.717) is 27.7 Å². The highest BCUT2D eigenvalue weighted by Gasteiger charge is 2.45. The summed E-state index contributed by atoms with van der Waals surface area (Å²) >= 11 is 9.20. The van der Waals surface area contributed by atoms with Gasteiger partial charge in [-0.25, -0.2) is 0 Å². The monoisotopic (exact) mass is 557 g/mol. The van der Waals surface area contributed by atoms with Crippen molar-refractivity contribution in [2.24, 2.45) is 0 Å². The van der Waals surface area contributed by atoms with Gasteiger partial charge in [0, 0.05) is 21.6 Å². The topological polar surface area (TPSA) is 46.6 Å². The van der Waals surface area contributed by atoms with Crippen molar-refractivity contribution in [3.05, 3.63) is 105 Å². The number of benzene rings is 3. The molecule has 0 spiro atoms. The van der Waals surface area contributed by atoms with Gasteiger partial charge >= 0.3 is 0 Å². The van der Waals surface area contributed by atoms with E-state index in [0.717, 1.165) is 31.5 Å². The van der Waals surface area contributed by atoms with Crippen molar-refractivity contribution in [3.63, 3.8) is 0 Å². The van der Waals surface area contributed by atoms with Gasteiger partial charge in [0.25, 0.3) is 5.91 Å². The Morgan fingerprint density at radius 2 is 1.61 bits per heavy atom. The van der Waals surface area contributed by atoms with Crippen molar-refractivity contribution in [2.75, 3.05) is 11.5 Å². The van der Waals surface area contributed by atoms with Crippen LogP contribution in [0.1, 0.15) is 49.2 Å². The minimum atomic E-state index is -0.794. The van der Waals surface area contributed by atoms with Crippen LogP contribution < -0.4 is 9.64 Å². The first-order chi connectivity index (χ1) is 18.2. The van der Waals surface area contributed by atoms with Crippen LogP contribution in [-0.4, -0.2) is 28.7 Å². The van der Waals surface area contributed by atoms with Crippen molar-refractivity contribution < 1.29 is 14.3 Å². The molecule has 0 radical (unpaired) electrons. The number of rotatable bonds is 5. The van der Waals surface area contributed by atoms with Crippen LogP contribution in [0.25, 0.3) is 10.5 Å². The summed E-state index contributed by atoms with van der Waals surface area (Å²) in [6.07, 6.45) is 0. The number of thiocarbonyl (C=S) groups is 1. The van der Waals surface area contributed by atoms with Gasteiger partial charge < -0.3 is 4.74 Å². The van der Waals surface area contributed by atoms with Crippen LogP contribution in [0.2, 0.25) is 0 Å². The maximum Gasteiger partial charge on any atom is 0.259 e. The van der Waals surface area contributed by atoms with E-state index >= 15 is 0 Å². The first-order valence-electron chi connectivity index (χ1n) is 12.4. The second kappa shape index (κ2) is 10.6. The second-order valence-electron chi connectivity index (χ2n) is 9.45. The number of carbonyl (C=O) groups excluding carboxylic acids is 2. The Kier molecular flexibility index (Phi) is 7.36. The SMILES string of the molecule is CCOc1ccc2c(c1)/C(=C1\SC(C(C)=O)=C(c3ccccc3)S1)C(=S)C(C)(C)N2C(=O)c1ccccc1. The number of fused-ring (bicyclic) bond motifs is 1. The molecule has 0 bridgehead atoms. The number of ketones is 1. The summed E-state index contributed by atoms with van der Waals surface area (Å²) < 4.78 is 6.79. The van der Waals surface area contributed by atoms with Crippen molar-refractivity contribution in [1.29, 1.82) is 0 Å². The van der Waals surface area contributed by atoms with E-state index in [1.165, 1.54) is 11.8 Å². The number of carbonyl (C=O) groups is 2. The Hall–Kier alpha value is -3.13. The number of Topliss-reactive ketones (excluding diaryl/α,β-unsaturated/α-hetero) is 1. The normalized spacial score (nSPS) is 18.4. The third-order valence-corrected chi connectivity index (χ3v) is 9.96. The number of hydrogen-bond acceptors (Lipinski definition) is 6. The Labute approximate surface area is 237 Å². The number of amides is 1. The maximum absolute atomic E-state index is 13.9. The summed E-state index contributed by atoms with van der Waals surface area (Å²) in [4.78, 5) is 30.7. The molecule has 0 N–H and O–H groups in total. The molecule has 0 unspecified atom stereocenters. The Bertz CT molecular complexity index is 1510. The second-order valence-corrected chi connectivity index (χ2v) is 12.2. The highest BCUT2D eigenvalue weighted by molar-refractivity contribution is 8.32. The molecule has 0 fully saturated rings. The van der Waals surface area contributed by atoms with Crippen LogP contribution in [0, 0.1) is 0 Å². The smallest absolute Gasteiger partial charge is 0.259 e. The lowest BCUT2D eigenvalue weighted by atomic mass is 9.82. The number of hydrogen-bond donors (Lipinski definition) is 0. The lowest BCUT2D eigenvalue weighted by Crippen LogP contribution is -2.55. The summed E-state index contributed by atoms with van der Waals surface area (Å²) in [5, 5.41) is 0. The number of anilines is 1. The summed E-state index contributed by atoms with van der Waals surface area (Å²) in [7, 11) is 0. The molecule has 1 amide bonds. The van der Waals surface area contributed by atoms with Gasteiger partial charge in [0.2, 0.25) is 0 Å². The van der Waals surface area contributed by atoms with Gasteiger partial charge in [-0.15, -0.1) is 0 Å². The van der Waals surface area contributed by atoms with Gasteiger partial charge in [0.05, 0.1) is 31.8 Å². The number of ether oxygens (including phenoxy) is 1. The molecule has 5 rings (SSSR count). The van der Waals surface area contributed by atoms with E-state index in [9.17, 15) is 9.59 Å². The van der Waals surface area contributed by atoms with E-state index in [-0.39, 0.29) is 11.7 Å².